The van der Waals surface area contributed by atoms with E-state index in [0.29, 0.717) is 18.9 Å². The Hall–Kier alpha value is -3.02. The maximum Gasteiger partial charge on any atom is 0.224 e. The molecule has 0 aliphatic heterocycles. The van der Waals surface area contributed by atoms with Gasteiger partial charge in [-0.15, -0.1) is 0 Å². The van der Waals surface area contributed by atoms with Crippen molar-refractivity contribution in [3.8, 4) is 5.75 Å². The highest BCUT2D eigenvalue weighted by Crippen LogP contribution is 2.22. The molecule has 2 N–H and O–H groups in total. The summed E-state index contributed by atoms with van der Waals surface area (Å²) in [5.41, 5.74) is 3.67. The summed E-state index contributed by atoms with van der Waals surface area (Å²) in [5.74, 6) is 1.63. The van der Waals surface area contributed by atoms with Gasteiger partial charge < -0.3 is 19.9 Å². The Labute approximate surface area is 159 Å². The van der Waals surface area contributed by atoms with Crippen molar-refractivity contribution in [3.05, 3.63) is 48.0 Å². The van der Waals surface area contributed by atoms with E-state index in [1.165, 1.54) is 0 Å². The number of H-pyrrole nitrogens is 1. The minimum absolute atomic E-state index is 0.01000. The third kappa shape index (κ3) is 4.58. The molecule has 1 amide bonds. The van der Waals surface area contributed by atoms with Gasteiger partial charge >= 0.3 is 0 Å². The number of carbonyl (C=O) groups is 1. The molecule has 0 atom stereocenters. The second kappa shape index (κ2) is 8.12. The molecule has 3 rings (SSSR count). The molecule has 2 aromatic carbocycles. The van der Waals surface area contributed by atoms with E-state index in [9.17, 15) is 4.79 Å². The average molecular weight is 366 g/mol. The number of nitrogens with one attached hydrogen (secondary N) is 2. The molecule has 0 spiro atoms. The molecule has 0 saturated carbocycles. The SMILES string of the molecule is COc1ccc(CCC(=O)Nc2ccc3nc(N(C)C(C)C)[nH]c3c2)cc1. The van der Waals surface area contributed by atoms with E-state index in [2.05, 4.69) is 34.0 Å². The van der Waals surface area contributed by atoms with E-state index in [4.69, 9.17) is 4.74 Å². The normalized spacial score (nSPS) is 11.0. The molecule has 3 aromatic rings. The zero-order valence-electron chi connectivity index (χ0n) is 16.2. The molecule has 6 heteroatoms. The van der Waals surface area contributed by atoms with E-state index in [1.54, 1.807) is 7.11 Å². The molecule has 0 aliphatic carbocycles. The highest BCUT2D eigenvalue weighted by atomic mass is 16.5. The number of anilines is 2. The number of aromatic nitrogens is 2. The second-order valence-corrected chi connectivity index (χ2v) is 6.89. The van der Waals surface area contributed by atoms with Gasteiger partial charge in [0.15, 0.2) is 0 Å². The number of ether oxygens (including phenoxy) is 1. The molecule has 27 heavy (non-hydrogen) atoms. The van der Waals surface area contributed by atoms with Gasteiger partial charge in [0.25, 0.3) is 0 Å². The molecule has 0 unspecified atom stereocenters. The van der Waals surface area contributed by atoms with Gasteiger partial charge in [-0.2, -0.15) is 0 Å². The maximum atomic E-state index is 12.3. The number of carbonyl (C=O) groups excluding carboxylic acids is 1. The van der Waals surface area contributed by atoms with Crippen LogP contribution < -0.4 is 15.0 Å². The summed E-state index contributed by atoms with van der Waals surface area (Å²) in [7, 11) is 3.65. The Bertz CT molecular complexity index is 916. The Morgan fingerprint density at radius 2 is 1.96 bits per heavy atom. The van der Waals surface area contributed by atoms with E-state index >= 15 is 0 Å². The third-order valence-corrected chi connectivity index (χ3v) is 4.66. The first-order valence-electron chi connectivity index (χ1n) is 9.11. The topological polar surface area (TPSA) is 70.2 Å². The summed E-state index contributed by atoms with van der Waals surface area (Å²) in [6, 6.07) is 13.9. The van der Waals surface area contributed by atoms with Gasteiger partial charge in [0.2, 0.25) is 11.9 Å². The van der Waals surface area contributed by atoms with Crippen molar-refractivity contribution < 1.29 is 9.53 Å². The molecule has 6 nitrogen and oxygen atoms in total. The first kappa shape index (κ1) is 18.8. The van der Waals surface area contributed by atoms with E-state index < -0.39 is 0 Å². The van der Waals surface area contributed by atoms with Crippen LogP contribution in [0.4, 0.5) is 11.6 Å². The number of imidazole rings is 1. The van der Waals surface area contributed by atoms with Crippen LogP contribution in [-0.2, 0) is 11.2 Å². The fourth-order valence-corrected chi connectivity index (χ4v) is 2.76. The predicted molar refractivity (Wildman–Crippen MR) is 110 cm³/mol. The Kier molecular flexibility index (Phi) is 5.64. The summed E-state index contributed by atoms with van der Waals surface area (Å²) in [4.78, 5) is 22.3. The molecule has 1 heterocycles. The zero-order chi connectivity index (χ0) is 19.4. The first-order valence-corrected chi connectivity index (χ1v) is 9.11. The highest BCUT2D eigenvalue weighted by Gasteiger charge is 2.11. The Morgan fingerprint density at radius 1 is 1.22 bits per heavy atom. The van der Waals surface area contributed by atoms with E-state index in [0.717, 1.165) is 34.0 Å². The second-order valence-electron chi connectivity index (χ2n) is 6.89. The minimum atomic E-state index is -0.01000. The van der Waals surface area contributed by atoms with Crippen LogP contribution in [0.3, 0.4) is 0 Å². The summed E-state index contributed by atoms with van der Waals surface area (Å²) >= 11 is 0. The van der Waals surface area contributed by atoms with Crippen LogP contribution in [0.5, 0.6) is 5.75 Å². The largest absolute Gasteiger partial charge is 0.497 e. The van der Waals surface area contributed by atoms with Crippen LogP contribution in [-0.4, -0.2) is 36.1 Å². The monoisotopic (exact) mass is 366 g/mol. The summed E-state index contributed by atoms with van der Waals surface area (Å²) < 4.78 is 5.15. The van der Waals surface area contributed by atoms with Gasteiger partial charge in [-0.25, -0.2) is 4.98 Å². The zero-order valence-corrected chi connectivity index (χ0v) is 16.2. The lowest BCUT2D eigenvalue weighted by atomic mass is 10.1. The van der Waals surface area contributed by atoms with Gasteiger partial charge in [0, 0.05) is 25.2 Å². The van der Waals surface area contributed by atoms with Crippen molar-refractivity contribution >= 4 is 28.6 Å². The first-order chi connectivity index (χ1) is 13.0. The minimum Gasteiger partial charge on any atom is -0.497 e. The highest BCUT2D eigenvalue weighted by molar-refractivity contribution is 5.93. The lowest BCUT2D eigenvalue weighted by molar-refractivity contribution is -0.116. The lowest BCUT2D eigenvalue weighted by Gasteiger charge is -2.19. The molecule has 0 bridgehead atoms. The van der Waals surface area contributed by atoms with Gasteiger partial charge in [0.1, 0.15) is 5.75 Å². The summed E-state index contributed by atoms with van der Waals surface area (Å²) in [5, 5.41) is 2.96. The van der Waals surface area contributed by atoms with Crippen LogP contribution in [0.15, 0.2) is 42.5 Å². The van der Waals surface area contributed by atoms with Gasteiger partial charge in [0.05, 0.1) is 18.1 Å². The van der Waals surface area contributed by atoms with Crippen molar-refractivity contribution in [2.75, 3.05) is 24.4 Å². The van der Waals surface area contributed by atoms with Crippen molar-refractivity contribution in [3.63, 3.8) is 0 Å². The Morgan fingerprint density at radius 3 is 2.63 bits per heavy atom. The molecule has 0 aliphatic rings. The van der Waals surface area contributed by atoms with Crippen molar-refractivity contribution in [1.82, 2.24) is 9.97 Å². The smallest absolute Gasteiger partial charge is 0.224 e. The fourth-order valence-electron chi connectivity index (χ4n) is 2.76. The number of nitrogens with zero attached hydrogens (tertiary/aromatic N) is 2. The van der Waals surface area contributed by atoms with Crippen LogP contribution in [0, 0.1) is 0 Å². The fraction of sp³-hybridized carbons (Fsp3) is 0.333. The molecule has 0 saturated heterocycles. The maximum absolute atomic E-state index is 12.3. The number of amides is 1. The molecule has 142 valence electrons. The van der Waals surface area contributed by atoms with Crippen LogP contribution in [0.1, 0.15) is 25.8 Å². The Balaban J connectivity index is 1.62. The number of hydrogen-bond acceptors (Lipinski definition) is 4. The standard InChI is InChI=1S/C21H26N4O2/c1-14(2)25(3)21-23-18-11-8-16(13-19(18)24-21)22-20(26)12-7-15-5-9-17(27-4)10-6-15/h5-6,8-11,13-14H,7,12H2,1-4H3,(H,22,26)(H,23,24). The van der Waals surface area contributed by atoms with Crippen LogP contribution in [0.2, 0.25) is 0 Å². The van der Waals surface area contributed by atoms with E-state index in [-0.39, 0.29) is 5.91 Å². The summed E-state index contributed by atoms with van der Waals surface area (Å²) in [6.07, 6.45) is 1.11. The third-order valence-electron chi connectivity index (χ3n) is 4.66. The quantitative estimate of drug-likeness (QED) is 0.663. The number of methoxy groups -OCH3 is 1. The van der Waals surface area contributed by atoms with Crippen molar-refractivity contribution in [2.45, 2.75) is 32.7 Å². The van der Waals surface area contributed by atoms with Crippen molar-refractivity contribution in [1.29, 1.82) is 0 Å². The number of fused-ring (bicyclic) bond motifs is 1. The number of benzene rings is 2. The molecule has 0 radical (unpaired) electrons. The predicted octanol–water partition coefficient (Wildman–Crippen LogP) is 3.99. The van der Waals surface area contributed by atoms with Gasteiger partial charge in [-0.1, -0.05) is 12.1 Å². The molecule has 1 aromatic heterocycles. The lowest BCUT2D eigenvalue weighted by Crippen LogP contribution is -2.26. The number of aromatic amines is 1. The number of hydrogen-bond donors (Lipinski definition) is 2. The van der Waals surface area contributed by atoms with Crippen LogP contribution in [0.25, 0.3) is 11.0 Å². The number of aryl methyl sites for hydroxylation is 1. The van der Waals surface area contributed by atoms with Gasteiger partial charge in [-0.05, 0) is 56.2 Å². The number of rotatable bonds is 7. The van der Waals surface area contributed by atoms with Crippen molar-refractivity contribution in [2.24, 2.45) is 0 Å². The van der Waals surface area contributed by atoms with Gasteiger partial charge in [-0.3, -0.25) is 4.79 Å². The molecular weight excluding hydrogens is 340 g/mol. The molecular formula is C21H26N4O2. The summed E-state index contributed by atoms with van der Waals surface area (Å²) in [6.45, 7) is 4.23. The molecule has 0 fully saturated rings. The average Bonchev–Trinajstić information content (AvgIpc) is 3.09. The van der Waals surface area contributed by atoms with E-state index in [1.807, 2.05) is 49.5 Å². The van der Waals surface area contributed by atoms with Crippen LogP contribution >= 0.6 is 0 Å².